The van der Waals surface area contributed by atoms with E-state index >= 15 is 0 Å². The van der Waals surface area contributed by atoms with Crippen molar-refractivity contribution in [1.82, 2.24) is 14.3 Å². The number of carbonyl (C=O) groups excluding carboxylic acids is 1. The number of hydrogen-bond acceptors (Lipinski definition) is 4. The highest BCUT2D eigenvalue weighted by atomic mass is 16.2. The summed E-state index contributed by atoms with van der Waals surface area (Å²) in [6.45, 7) is 2.47. The lowest BCUT2D eigenvalue weighted by atomic mass is 9.96. The summed E-state index contributed by atoms with van der Waals surface area (Å²) in [5, 5.41) is 4.22. The predicted molar refractivity (Wildman–Crippen MR) is 95.4 cm³/mol. The third-order valence-electron chi connectivity index (χ3n) is 4.47. The summed E-state index contributed by atoms with van der Waals surface area (Å²) in [6.07, 6.45) is 8.29. The molecule has 25 heavy (non-hydrogen) atoms. The van der Waals surface area contributed by atoms with Gasteiger partial charge in [0.05, 0.1) is 6.04 Å². The van der Waals surface area contributed by atoms with Crippen LogP contribution in [-0.4, -0.2) is 26.3 Å². The van der Waals surface area contributed by atoms with Gasteiger partial charge in [-0.25, -0.2) is 4.68 Å². The molecule has 0 atom stereocenters. The monoisotopic (exact) mass is 340 g/mol. The van der Waals surface area contributed by atoms with Crippen LogP contribution >= 0.6 is 0 Å². The molecule has 2 heterocycles. The Morgan fingerprint density at radius 3 is 2.76 bits per heavy atom. The Hall–Kier alpha value is -2.50. The second-order valence-electron chi connectivity index (χ2n) is 6.43. The molecule has 2 aromatic heterocycles. The van der Waals surface area contributed by atoms with E-state index in [2.05, 4.69) is 5.10 Å². The van der Waals surface area contributed by atoms with Crippen LogP contribution in [0.5, 0.6) is 0 Å². The minimum absolute atomic E-state index is 0.191. The first-order valence-corrected chi connectivity index (χ1v) is 9.03. The molecule has 1 fully saturated rings. The molecule has 6 heteroatoms. The zero-order valence-corrected chi connectivity index (χ0v) is 14.6. The van der Waals surface area contributed by atoms with Crippen LogP contribution < -0.4 is 11.0 Å². The molecule has 0 amide bonds. The molecule has 0 aromatic carbocycles. The van der Waals surface area contributed by atoms with E-state index in [-0.39, 0.29) is 23.2 Å². The number of aromatic nitrogens is 3. The third kappa shape index (κ3) is 4.13. The number of hydrogen-bond donors (Lipinski definition) is 0. The summed E-state index contributed by atoms with van der Waals surface area (Å²) in [5.74, 6) is -0.264. The minimum Gasteiger partial charge on any atom is -0.268 e. The van der Waals surface area contributed by atoms with Gasteiger partial charge in [0.1, 0.15) is 11.2 Å². The predicted octanol–water partition coefficient (Wildman–Crippen LogP) is 2.38. The summed E-state index contributed by atoms with van der Waals surface area (Å²) in [5.41, 5.74) is 0.711. The van der Waals surface area contributed by atoms with Gasteiger partial charge >= 0.3 is 0 Å². The van der Waals surface area contributed by atoms with Crippen LogP contribution in [0.15, 0.2) is 46.3 Å². The van der Waals surface area contributed by atoms with Gasteiger partial charge in [-0.2, -0.15) is 5.10 Å². The second kappa shape index (κ2) is 8.05. The molecule has 0 N–H and O–H groups in total. The van der Waals surface area contributed by atoms with Crippen molar-refractivity contribution in [2.45, 2.75) is 58.0 Å². The maximum Gasteiger partial charge on any atom is 0.283 e. The average molecular weight is 340 g/mol. The van der Waals surface area contributed by atoms with Crippen LogP contribution in [0.3, 0.4) is 0 Å². The van der Waals surface area contributed by atoms with Crippen molar-refractivity contribution in [3.05, 3.63) is 58.1 Å². The Morgan fingerprint density at radius 2 is 2.00 bits per heavy atom. The van der Waals surface area contributed by atoms with Gasteiger partial charge in [0.15, 0.2) is 0 Å². The second-order valence-corrected chi connectivity index (χ2v) is 6.43. The van der Waals surface area contributed by atoms with Gasteiger partial charge in [-0.15, -0.1) is 0 Å². The van der Waals surface area contributed by atoms with Crippen molar-refractivity contribution >= 4 is 5.91 Å². The number of carbonyl (C=O) groups is 1. The molecule has 1 aliphatic rings. The van der Waals surface area contributed by atoms with Crippen LogP contribution in [0.25, 0.3) is 0 Å². The van der Waals surface area contributed by atoms with E-state index in [0.717, 1.165) is 19.3 Å². The van der Waals surface area contributed by atoms with E-state index in [1.54, 1.807) is 12.3 Å². The Labute approximate surface area is 146 Å². The average Bonchev–Trinajstić information content (AvgIpc) is 2.64. The number of rotatable bonds is 4. The summed E-state index contributed by atoms with van der Waals surface area (Å²) >= 11 is 0. The molecule has 0 bridgehead atoms. The molecule has 132 valence electrons. The summed E-state index contributed by atoms with van der Waals surface area (Å²) in [6, 6.07) is 8.71. The zero-order valence-electron chi connectivity index (χ0n) is 14.6. The van der Waals surface area contributed by atoms with E-state index in [0.29, 0.717) is 12.0 Å². The maximum atomic E-state index is 12.9. The standard InChI is InChI=1S/C19H24N4O2/c1-2-13-23-18(24)12-11-16(21-23)19(25)22-14-7-6-10-17(22)20-15-8-4-3-5-9-15/h6-7,10-12,14-15H,2-5,8-9,13H2,1H3. The Balaban J connectivity index is 1.96. The van der Waals surface area contributed by atoms with E-state index in [1.165, 1.54) is 40.6 Å². The zero-order chi connectivity index (χ0) is 17.6. The van der Waals surface area contributed by atoms with E-state index in [4.69, 9.17) is 4.99 Å². The first kappa shape index (κ1) is 17.3. The van der Waals surface area contributed by atoms with Crippen LogP contribution in [-0.2, 0) is 6.54 Å². The third-order valence-corrected chi connectivity index (χ3v) is 4.47. The van der Waals surface area contributed by atoms with Crippen molar-refractivity contribution in [2.24, 2.45) is 4.99 Å². The topological polar surface area (TPSA) is 69.2 Å². The fraction of sp³-hybridized carbons (Fsp3) is 0.474. The molecule has 0 spiro atoms. The SMILES string of the molecule is CCCn1nc(C(=O)n2ccccc2=NC2CCCCC2)ccc1=O. The number of aryl methyl sites for hydroxylation is 1. The molecule has 6 nitrogen and oxygen atoms in total. The Bertz CT molecular complexity index is 860. The fourth-order valence-electron chi connectivity index (χ4n) is 3.17. The van der Waals surface area contributed by atoms with E-state index < -0.39 is 0 Å². The molecular weight excluding hydrogens is 316 g/mol. The van der Waals surface area contributed by atoms with Gasteiger partial charge in [0.2, 0.25) is 0 Å². The Morgan fingerprint density at radius 1 is 1.20 bits per heavy atom. The summed E-state index contributed by atoms with van der Waals surface area (Å²) < 4.78 is 2.87. The summed E-state index contributed by atoms with van der Waals surface area (Å²) in [7, 11) is 0. The van der Waals surface area contributed by atoms with Crippen molar-refractivity contribution in [2.75, 3.05) is 0 Å². The highest BCUT2D eigenvalue weighted by molar-refractivity contribution is 5.93. The smallest absolute Gasteiger partial charge is 0.268 e. The van der Waals surface area contributed by atoms with Gasteiger partial charge in [0, 0.05) is 18.8 Å². The highest BCUT2D eigenvalue weighted by Gasteiger charge is 2.15. The molecule has 0 radical (unpaired) electrons. The van der Waals surface area contributed by atoms with Crippen LogP contribution in [0.2, 0.25) is 0 Å². The fourth-order valence-corrected chi connectivity index (χ4v) is 3.17. The largest absolute Gasteiger partial charge is 0.283 e. The van der Waals surface area contributed by atoms with Crippen molar-refractivity contribution in [3.8, 4) is 0 Å². The van der Waals surface area contributed by atoms with Gasteiger partial charge in [-0.1, -0.05) is 32.3 Å². The molecule has 0 aliphatic heterocycles. The van der Waals surface area contributed by atoms with E-state index in [9.17, 15) is 9.59 Å². The molecular formula is C19H24N4O2. The molecule has 0 saturated heterocycles. The minimum atomic E-state index is -0.264. The van der Waals surface area contributed by atoms with E-state index in [1.807, 2.05) is 19.1 Å². The van der Waals surface area contributed by atoms with Gasteiger partial charge in [-0.3, -0.25) is 19.1 Å². The van der Waals surface area contributed by atoms with Crippen molar-refractivity contribution in [3.63, 3.8) is 0 Å². The first-order chi connectivity index (χ1) is 12.2. The lowest BCUT2D eigenvalue weighted by molar-refractivity contribution is 0.0946. The first-order valence-electron chi connectivity index (χ1n) is 9.03. The van der Waals surface area contributed by atoms with Crippen LogP contribution in [0.1, 0.15) is 55.9 Å². The quantitative estimate of drug-likeness (QED) is 0.858. The molecule has 2 aromatic rings. The van der Waals surface area contributed by atoms with Crippen molar-refractivity contribution in [1.29, 1.82) is 0 Å². The molecule has 1 aliphatic carbocycles. The lowest BCUT2D eigenvalue weighted by Crippen LogP contribution is -2.32. The molecule has 0 unspecified atom stereocenters. The van der Waals surface area contributed by atoms with Gasteiger partial charge in [-0.05, 0) is 37.5 Å². The number of nitrogens with zero attached hydrogens (tertiary/aromatic N) is 4. The Kier molecular flexibility index (Phi) is 5.58. The highest BCUT2D eigenvalue weighted by Crippen LogP contribution is 2.19. The maximum absolute atomic E-state index is 12.9. The molecule has 3 rings (SSSR count). The van der Waals surface area contributed by atoms with Gasteiger partial charge < -0.3 is 0 Å². The van der Waals surface area contributed by atoms with Crippen LogP contribution in [0, 0.1) is 0 Å². The molecule has 1 saturated carbocycles. The van der Waals surface area contributed by atoms with Gasteiger partial charge in [0.25, 0.3) is 11.5 Å². The van der Waals surface area contributed by atoms with Crippen molar-refractivity contribution < 1.29 is 4.79 Å². The number of pyridine rings is 1. The lowest BCUT2D eigenvalue weighted by Gasteiger charge is -2.17. The normalized spacial score (nSPS) is 16.1. The van der Waals surface area contributed by atoms with Crippen LogP contribution in [0.4, 0.5) is 0 Å². The summed E-state index contributed by atoms with van der Waals surface area (Å²) in [4.78, 5) is 29.5.